The van der Waals surface area contributed by atoms with E-state index in [0.29, 0.717) is 0 Å². The van der Waals surface area contributed by atoms with Crippen LogP contribution in [0.1, 0.15) is 62.3 Å². The molecule has 0 aliphatic carbocycles. The van der Waals surface area contributed by atoms with Crippen LogP contribution in [0.15, 0.2) is 36.1 Å². The molecule has 3 aromatic heterocycles. The van der Waals surface area contributed by atoms with Crippen LogP contribution in [0.3, 0.4) is 0 Å². The molecule has 0 atom stereocenters. The molecular weight excluding hydrogens is 378 g/mol. The second kappa shape index (κ2) is 26.5. The van der Waals surface area contributed by atoms with Crippen LogP contribution in [0.5, 0.6) is 0 Å². The maximum absolute atomic E-state index is 3.65. The van der Waals surface area contributed by atoms with E-state index in [1.165, 1.54) is 42.0 Å². The molecule has 0 aromatic carbocycles. The van der Waals surface area contributed by atoms with Crippen LogP contribution in [0.2, 0.25) is 0 Å². The highest BCUT2D eigenvalue weighted by Gasteiger charge is 1.69. The predicted molar refractivity (Wildman–Crippen MR) is 118 cm³/mol. The number of nitrogens with zero attached hydrogens (tertiary/aromatic N) is 6. The third kappa shape index (κ3) is 68.4. The average molecular weight is 416 g/mol. The Balaban J connectivity index is -0.000000258. The first-order valence-corrected chi connectivity index (χ1v) is 10.6. The standard InChI is InChI=1S/3C4H10.C2H3N3.2C2H2N2S/c3*1-4(2)3;2*1-3-2-5-4-1;1-2-5-4-3-1/h3*4H,1-3H3;1-2H,(H,3,4,5);2*1-2H. The molecule has 0 fully saturated rings. The van der Waals surface area contributed by atoms with Gasteiger partial charge < -0.3 is 0 Å². The van der Waals surface area contributed by atoms with Crippen molar-refractivity contribution in [2.45, 2.75) is 62.3 Å². The number of rotatable bonds is 0. The van der Waals surface area contributed by atoms with Crippen molar-refractivity contribution in [2.24, 2.45) is 17.8 Å². The van der Waals surface area contributed by atoms with Gasteiger partial charge in [0.25, 0.3) is 0 Å². The minimum atomic E-state index is 0.833. The van der Waals surface area contributed by atoms with Crippen LogP contribution in [0.25, 0.3) is 0 Å². The van der Waals surface area contributed by atoms with Gasteiger partial charge in [-0.2, -0.15) is 9.47 Å². The largest absolute Gasteiger partial charge is 0.266 e. The van der Waals surface area contributed by atoms with Crippen LogP contribution in [0, 0.1) is 17.8 Å². The lowest BCUT2D eigenvalue weighted by Gasteiger charge is -1.79. The van der Waals surface area contributed by atoms with Gasteiger partial charge in [0, 0.05) is 5.38 Å². The Bertz CT molecular complexity index is 359. The fourth-order valence-electron chi connectivity index (χ4n) is 0.439. The maximum atomic E-state index is 3.65. The third-order valence-corrected chi connectivity index (χ3v) is 1.76. The molecule has 9 heteroatoms. The Morgan fingerprint density at radius 1 is 0.741 bits per heavy atom. The first-order chi connectivity index (χ1) is 12.7. The summed E-state index contributed by atoms with van der Waals surface area (Å²) in [4.78, 5) is 7.19. The summed E-state index contributed by atoms with van der Waals surface area (Å²) in [5.41, 5.74) is 1.68. The molecule has 0 amide bonds. The van der Waals surface area contributed by atoms with E-state index < -0.39 is 0 Å². The molecule has 1 N–H and O–H groups in total. The maximum Gasteiger partial charge on any atom is 0.137 e. The summed E-state index contributed by atoms with van der Waals surface area (Å²) in [7, 11) is 0. The smallest absolute Gasteiger partial charge is 0.137 e. The summed E-state index contributed by atoms with van der Waals surface area (Å²) in [6.07, 6.45) is 6.13. The number of aromatic nitrogens is 7. The van der Waals surface area contributed by atoms with Gasteiger partial charge in [0.15, 0.2) is 0 Å². The number of aromatic amines is 1. The number of nitrogens with one attached hydrogen (secondary N) is 1. The molecule has 0 bridgehead atoms. The molecular formula is C18H37N7S2. The molecule has 3 rings (SSSR count). The Labute approximate surface area is 173 Å². The van der Waals surface area contributed by atoms with E-state index in [2.05, 4.69) is 96.4 Å². The SMILES string of the molecule is CC(C)C.CC(C)C.CC(C)C.c1csnn1.c1nc[nH]n1.c1ncsn1. The van der Waals surface area contributed by atoms with E-state index in [-0.39, 0.29) is 0 Å². The molecule has 156 valence electrons. The Kier molecular flexibility index (Phi) is 29.4. The summed E-state index contributed by atoms with van der Waals surface area (Å²) in [6, 6.07) is 0. The highest BCUT2D eigenvalue weighted by molar-refractivity contribution is 7.03. The van der Waals surface area contributed by atoms with Crippen molar-refractivity contribution in [2.75, 3.05) is 0 Å². The van der Waals surface area contributed by atoms with Gasteiger partial charge in [-0.15, -0.1) is 5.10 Å². The van der Waals surface area contributed by atoms with E-state index >= 15 is 0 Å². The van der Waals surface area contributed by atoms with Crippen molar-refractivity contribution in [3.63, 3.8) is 0 Å². The van der Waals surface area contributed by atoms with Gasteiger partial charge in [-0.1, -0.05) is 66.8 Å². The van der Waals surface area contributed by atoms with E-state index in [1.54, 1.807) is 11.7 Å². The summed E-state index contributed by atoms with van der Waals surface area (Å²) in [5, 5.41) is 11.3. The van der Waals surface area contributed by atoms with Crippen LogP contribution >= 0.6 is 23.1 Å². The van der Waals surface area contributed by atoms with Crippen LogP contribution in [0.4, 0.5) is 0 Å². The molecule has 0 aliphatic heterocycles. The highest BCUT2D eigenvalue weighted by atomic mass is 32.1. The molecule has 3 aromatic rings. The zero-order valence-corrected chi connectivity index (χ0v) is 19.8. The van der Waals surface area contributed by atoms with E-state index in [4.69, 9.17) is 0 Å². The molecule has 27 heavy (non-hydrogen) atoms. The van der Waals surface area contributed by atoms with Gasteiger partial charge in [0.1, 0.15) is 24.5 Å². The van der Waals surface area contributed by atoms with Gasteiger partial charge >= 0.3 is 0 Å². The van der Waals surface area contributed by atoms with Gasteiger partial charge in [-0.3, -0.25) is 5.10 Å². The molecule has 3 heterocycles. The van der Waals surface area contributed by atoms with Gasteiger partial charge in [0.05, 0.1) is 6.20 Å². The molecule has 0 spiro atoms. The minimum Gasteiger partial charge on any atom is -0.266 e. The fraction of sp³-hybridized carbons (Fsp3) is 0.667. The fourth-order valence-corrected chi connectivity index (χ4v) is 0.983. The third-order valence-electron chi connectivity index (χ3n) is 0.897. The second-order valence-corrected chi connectivity index (χ2v) is 8.30. The molecule has 0 saturated carbocycles. The summed E-state index contributed by atoms with van der Waals surface area (Å²) in [5.74, 6) is 2.50. The molecule has 0 aliphatic rings. The Hall–Kier alpha value is -1.74. The van der Waals surface area contributed by atoms with Crippen molar-refractivity contribution in [3.8, 4) is 0 Å². The highest BCUT2D eigenvalue weighted by Crippen LogP contribution is 1.82. The second-order valence-electron chi connectivity index (χ2n) is 7.02. The van der Waals surface area contributed by atoms with E-state index in [9.17, 15) is 0 Å². The first-order valence-electron chi connectivity index (χ1n) is 8.89. The summed E-state index contributed by atoms with van der Waals surface area (Å²) >= 11 is 2.70. The van der Waals surface area contributed by atoms with Crippen LogP contribution in [-0.4, -0.2) is 34.1 Å². The van der Waals surface area contributed by atoms with Gasteiger partial charge in [-0.25, -0.2) is 9.97 Å². The zero-order valence-electron chi connectivity index (χ0n) is 18.2. The van der Waals surface area contributed by atoms with Crippen LogP contribution < -0.4 is 0 Å². The molecule has 0 radical (unpaired) electrons. The lowest BCUT2D eigenvalue weighted by molar-refractivity contribution is 0.736. The topological polar surface area (TPSA) is 93.1 Å². The zero-order chi connectivity index (χ0) is 21.3. The van der Waals surface area contributed by atoms with Crippen molar-refractivity contribution < 1.29 is 0 Å². The van der Waals surface area contributed by atoms with Gasteiger partial charge in [-0.05, 0) is 40.8 Å². The number of H-pyrrole nitrogens is 1. The molecule has 0 saturated heterocycles. The van der Waals surface area contributed by atoms with Crippen molar-refractivity contribution in [3.05, 3.63) is 36.1 Å². The quantitative estimate of drug-likeness (QED) is 0.493. The Morgan fingerprint density at radius 3 is 1.41 bits per heavy atom. The van der Waals surface area contributed by atoms with Crippen molar-refractivity contribution in [1.82, 2.24) is 34.1 Å². The average Bonchev–Trinajstić information content (AvgIpc) is 3.31. The van der Waals surface area contributed by atoms with E-state index in [0.717, 1.165) is 17.8 Å². The molecule has 7 nitrogen and oxygen atoms in total. The van der Waals surface area contributed by atoms with Crippen molar-refractivity contribution >= 4 is 23.1 Å². The molecule has 0 unspecified atom stereocenters. The predicted octanol–water partition coefficient (Wildman–Crippen LogP) is 5.87. The summed E-state index contributed by atoms with van der Waals surface area (Å²) in [6.45, 7) is 19.5. The lowest BCUT2D eigenvalue weighted by atomic mass is 10.3. The monoisotopic (exact) mass is 415 g/mol. The van der Waals surface area contributed by atoms with E-state index in [1.807, 2.05) is 5.38 Å². The van der Waals surface area contributed by atoms with Gasteiger partial charge in [0.2, 0.25) is 0 Å². The van der Waals surface area contributed by atoms with Crippen LogP contribution in [-0.2, 0) is 0 Å². The van der Waals surface area contributed by atoms with Crippen molar-refractivity contribution in [1.29, 1.82) is 0 Å². The minimum absolute atomic E-state index is 0.833. The summed E-state index contributed by atoms with van der Waals surface area (Å²) < 4.78 is 7.17. The Morgan fingerprint density at radius 2 is 1.30 bits per heavy atom. The lowest BCUT2D eigenvalue weighted by Crippen LogP contribution is -1.66. The number of hydrogen-bond acceptors (Lipinski definition) is 8. The number of hydrogen-bond donors (Lipinski definition) is 1. The normalized spacial score (nSPS) is 8.44. The first kappa shape index (κ1) is 30.0.